The van der Waals surface area contributed by atoms with Crippen molar-refractivity contribution in [1.82, 2.24) is 4.98 Å². The van der Waals surface area contributed by atoms with Crippen molar-refractivity contribution in [3.05, 3.63) is 48.0 Å². The summed E-state index contributed by atoms with van der Waals surface area (Å²) >= 11 is 0. The Bertz CT molecular complexity index is 1130. The highest BCUT2D eigenvalue weighted by atomic mass is 19.4. The van der Waals surface area contributed by atoms with Crippen molar-refractivity contribution in [1.29, 1.82) is 0 Å². The van der Waals surface area contributed by atoms with E-state index in [4.69, 9.17) is 4.42 Å². The highest BCUT2D eigenvalue weighted by molar-refractivity contribution is 5.94. The van der Waals surface area contributed by atoms with Gasteiger partial charge in [0.2, 0.25) is 5.91 Å². The normalized spacial score (nSPS) is 15.5. The maximum Gasteiger partial charge on any atom is 0.422 e. The molecule has 0 radical (unpaired) electrons. The fraction of sp³-hybridized carbons (Fsp3) is 0.364. The molecule has 6 nitrogen and oxygen atoms in total. The zero-order chi connectivity index (χ0) is 24.5. The average molecular weight is 487 g/mol. The SMILES string of the molecule is O=C(Nc1cc(C(F)(F)F)ccc1OCC(F)(F)F)C1CCN(c2nc3ccccc3o2)CC1. The number of rotatable bonds is 5. The largest absolute Gasteiger partial charge is 0.482 e. The van der Waals surface area contributed by atoms with E-state index in [1.807, 2.05) is 17.0 Å². The van der Waals surface area contributed by atoms with Gasteiger partial charge in [0.05, 0.1) is 11.3 Å². The second-order valence-electron chi connectivity index (χ2n) is 7.83. The summed E-state index contributed by atoms with van der Waals surface area (Å²) in [5, 5.41) is 2.32. The first-order valence-electron chi connectivity index (χ1n) is 10.3. The molecule has 4 rings (SSSR count). The number of oxazole rings is 1. The van der Waals surface area contributed by atoms with Crippen molar-refractivity contribution in [2.24, 2.45) is 5.92 Å². The van der Waals surface area contributed by atoms with Crippen LogP contribution in [0.5, 0.6) is 5.75 Å². The first-order chi connectivity index (χ1) is 16.0. The van der Waals surface area contributed by atoms with E-state index in [1.54, 1.807) is 12.1 Å². The second kappa shape index (κ2) is 9.07. The standard InChI is InChI=1S/C22H19F6N3O3/c23-21(24,25)12-33-17-6-5-14(22(26,27)28)11-16(17)29-19(32)13-7-9-31(10-8-13)20-30-15-3-1-2-4-18(15)34-20/h1-6,11,13H,7-10,12H2,(H,29,32). The number of carbonyl (C=O) groups excluding carboxylic acids is 1. The number of hydrogen-bond acceptors (Lipinski definition) is 5. The number of amides is 1. The summed E-state index contributed by atoms with van der Waals surface area (Å²) in [5.41, 5.74) is -0.278. The van der Waals surface area contributed by atoms with Gasteiger partial charge in [0.15, 0.2) is 12.2 Å². The van der Waals surface area contributed by atoms with Crippen LogP contribution in [0.2, 0.25) is 0 Å². The van der Waals surface area contributed by atoms with Gasteiger partial charge >= 0.3 is 12.4 Å². The van der Waals surface area contributed by atoms with Crippen LogP contribution in [0.4, 0.5) is 38.0 Å². The number of halogens is 6. The van der Waals surface area contributed by atoms with Crippen molar-refractivity contribution in [3.63, 3.8) is 0 Å². The average Bonchev–Trinajstić information content (AvgIpc) is 3.21. The first-order valence-corrected chi connectivity index (χ1v) is 10.3. The van der Waals surface area contributed by atoms with Crippen LogP contribution in [-0.2, 0) is 11.0 Å². The molecule has 1 saturated heterocycles. The third-order valence-electron chi connectivity index (χ3n) is 5.37. The molecule has 1 aliphatic heterocycles. The van der Waals surface area contributed by atoms with E-state index in [-0.39, 0.29) is 0 Å². The van der Waals surface area contributed by atoms with E-state index < -0.39 is 47.8 Å². The quantitative estimate of drug-likeness (QED) is 0.472. The number of fused-ring (bicyclic) bond motifs is 1. The predicted octanol–water partition coefficient (Wildman–Crippen LogP) is 5.64. The van der Waals surface area contributed by atoms with Crippen LogP contribution >= 0.6 is 0 Å². The molecular weight excluding hydrogens is 468 g/mol. The number of alkyl halides is 6. The number of piperidine rings is 1. The Kier molecular flexibility index (Phi) is 6.32. The van der Waals surface area contributed by atoms with E-state index in [9.17, 15) is 31.1 Å². The summed E-state index contributed by atoms with van der Waals surface area (Å²) < 4.78 is 87.2. The molecule has 2 heterocycles. The first kappa shape index (κ1) is 23.7. The van der Waals surface area contributed by atoms with Gasteiger partial charge in [-0.1, -0.05) is 12.1 Å². The number of benzene rings is 2. The number of hydrogen-bond donors (Lipinski definition) is 1. The van der Waals surface area contributed by atoms with E-state index in [2.05, 4.69) is 15.0 Å². The highest BCUT2D eigenvalue weighted by Crippen LogP contribution is 2.36. The van der Waals surface area contributed by atoms with E-state index in [1.165, 1.54) is 0 Å². The Hall–Kier alpha value is -3.44. The molecule has 2 aromatic carbocycles. The Labute approximate surface area is 189 Å². The Balaban J connectivity index is 1.44. The molecule has 12 heteroatoms. The van der Waals surface area contributed by atoms with Gasteiger partial charge in [-0.3, -0.25) is 4.79 Å². The van der Waals surface area contributed by atoms with E-state index in [0.717, 1.165) is 6.07 Å². The molecule has 34 heavy (non-hydrogen) atoms. The summed E-state index contributed by atoms with van der Waals surface area (Å²) in [6.45, 7) is -0.889. The van der Waals surface area contributed by atoms with Gasteiger partial charge < -0.3 is 19.4 Å². The lowest BCUT2D eigenvalue weighted by atomic mass is 9.96. The third-order valence-corrected chi connectivity index (χ3v) is 5.37. The molecule has 0 unspecified atom stereocenters. The third kappa shape index (κ3) is 5.54. The topological polar surface area (TPSA) is 67.6 Å². The molecule has 0 aliphatic carbocycles. The lowest BCUT2D eigenvalue weighted by Gasteiger charge is -2.30. The van der Waals surface area contributed by atoms with E-state index >= 15 is 0 Å². The molecule has 182 valence electrons. The van der Waals surface area contributed by atoms with Crippen LogP contribution in [0.1, 0.15) is 18.4 Å². The molecule has 1 aromatic heterocycles. The minimum atomic E-state index is -4.74. The van der Waals surface area contributed by atoms with Crippen molar-refractivity contribution >= 4 is 28.7 Å². The molecule has 1 amide bonds. The zero-order valence-corrected chi connectivity index (χ0v) is 17.5. The lowest BCUT2D eigenvalue weighted by molar-refractivity contribution is -0.153. The monoisotopic (exact) mass is 487 g/mol. The summed E-state index contributed by atoms with van der Waals surface area (Å²) in [6, 6.07) is 9.55. The molecule has 3 aromatic rings. The van der Waals surface area contributed by atoms with Crippen LogP contribution in [-0.4, -0.2) is 36.8 Å². The number of nitrogens with zero attached hydrogens (tertiary/aromatic N) is 2. The maximum absolute atomic E-state index is 13.1. The van der Waals surface area contributed by atoms with Gasteiger partial charge in [0.25, 0.3) is 6.01 Å². The Morgan fingerprint density at radius 2 is 1.79 bits per heavy atom. The highest BCUT2D eigenvalue weighted by Gasteiger charge is 2.34. The molecule has 1 aliphatic rings. The van der Waals surface area contributed by atoms with Crippen LogP contribution in [0.3, 0.4) is 0 Å². The number of para-hydroxylation sites is 2. The van der Waals surface area contributed by atoms with E-state index in [0.29, 0.717) is 55.2 Å². The zero-order valence-electron chi connectivity index (χ0n) is 17.5. The molecule has 0 atom stereocenters. The molecular formula is C22H19F6N3O3. The molecule has 1 N–H and O–H groups in total. The number of carbonyl (C=O) groups is 1. The maximum atomic E-state index is 13.1. The number of ether oxygens (including phenoxy) is 1. The minimum Gasteiger partial charge on any atom is -0.482 e. The number of anilines is 2. The lowest BCUT2D eigenvalue weighted by Crippen LogP contribution is -2.38. The van der Waals surface area contributed by atoms with Gasteiger partial charge in [-0.05, 0) is 43.2 Å². The summed E-state index contributed by atoms with van der Waals surface area (Å²) in [4.78, 5) is 19.0. The Morgan fingerprint density at radius 1 is 1.09 bits per heavy atom. The number of nitrogens with one attached hydrogen (secondary N) is 1. The van der Waals surface area contributed by atoms with Crippen molar-refractivity contribution in [2.45, 2.75) is 25.2 Å². The fourth-order valence-corrected chi connectivity index (χ4v) is 3.65. The summed E-state index contributed by atoms with van der Waals surface area (Å²) in [5.74, 6) is -1.67. The van der Waals surface area contributed by atoms with Crippen LogP contribution in [0, 0.1) is 5.92 Å². The molecule has 0 saturated carbocycles. The fourth-order valence-electron chi connectivity index (χ4n) is 3.65. The van der Waals surface area contributed by atoms with Crippen LogP contribution in [0.15, 0.2) is 46.9 Å². The van der Waals surface area contributed by atoms with Crippen LogP contribution < -0.4 is 15.0 Å². The van der Waals surface area contributed by atoms with Crippen molar-refractivity contribution in [2.75, 3.05) is 29.9 Å². The van der Waals surface area contributed by atoms with Gasteiger partial charge in [0, 0.05) is 19.0 Å². The molecule has 1 fully saturated rings. The van der Waals surface area contributed by atoms with Gasteiger partial charge in [-0.25, -0.2) is 0 Å². The van der Waals surface area contributed by atoms with Gasteiger partial charge in [0.1, 0.15) is 11.3 Å². The second-order valence-corrected chi connectivity index (χ2v) is 7.83. The Morgan fingerprint density at radius 3 is 2.44 bits per heavy atom. The minimum absolute atomic E-state index is 0.349. The predicted molar refractivity (Wildman–Crippen MR) is 111 cm³/mol. The van der Waals surface area contributed by atoms with Crippen molar-refractivity contribution < 1.29 is 40.3 Å². The summed E-state index contributed by atoms with van der Waals surface area (Å²) in [7, 11) is 0. The van der Waals surface area contributed by atoms with Gasteiger partial charge in [-0.15, -0.1) is 0 Å². The molecule has 0 spiro atoms. The van der Waals surface area contributed by atoms with Gasteiger partial charge in [-0.2, -0.15) is 31.3 Å². The smallest absolute Gasteiger partial charge is 0.422 e. The van der Waals surface area contributed by atoms with Crippen molar-refractivity contribution in [3.8, 4) is 5.75 Å². The number of aromatic nitrogens is 1. The summed E-state index contributed by atoms with van der Waals surface area (Å²) in [6.07, 6.45) is -8.74. The molecule has 0 bridgehead atoms. The van der Waals surface area contributed by atoms with Crippen LogP contribution in [0.25, 0.3) is 11.1 Å².